The van der Waals surface area contributed by atoms with Crippen molar-refractivity contribution in [2.75, 3.05) is 0 Å². The number of carboxylic acids is 2. The Hall–Kier alpha value is -5.22. The molecule has 0 spiro atoms. The van der Waals surface area contributed by atoms with E-state index in [0.29, 0.717) is 11.1 Å². The van der Waals surface area contributed by atoms with Gasteiger partial charge in [-0.15, -0.1) is 0 Å². The van der Waals surface area contributed by atoms with Crippen LogP contribution in [0.15, 0.2) is 120 Å². The lowest BCUT2D eigenvalue weighted by atomic mass is 9.91. The highest BCUT2D eigenvalue weighted by atomic mass is 16.4. The SMILES string of the molecule is O=C(O)C(=Cc1c2ccccc2cc2ccccc12)C(=Cc1c2ccccc2cc2ccccc12)C(=O)O. The molecule has 6 aromatic rings. The summed E-state index contributed by atoms with van der Waals surface area (Å²) in [7, 11) is 0. The molecule has 0 radical (unpaired) electrons. The summed E-state index contributed by atoms with van der Waals surface area (Å²) in [6, 6.07) is 35.0. The molecule has 0 fully saturated rings. The summed E-state index contributed by atoms with van der Waals surface area (Å²) >= 11 is 0. The molecule has 0 unspecified atom stereocenters. The number of benzene rings is 6. The largest absolute Gasteiger partial charge is 0.478 e. The Morgan fingerprint density at radius 2 is 0.711 bits per heavy atom. The van der Waals surface area contributed by atoms with E-state index in [2.05, 4.69) is 12.1 Å². The molecule has 6 aromatic carbocycles. The molecule has 0 aliphatic carbocycles. The maximum absolute atomic E-state index is 12.7. The predicted molar refractivity (Wildman–Crippen MR) is 154 cm³/mol. The molecule has 0 aliphatic heterocycles. The van der Waals surface area contributed by atoms with E-state index in [0.717, 1.165) is 43.1 Å². The van der Waals surface area contributed by atoms with E-state index < -0.39 is 11.9 Å². The Morgan fingerprint density at radius 1 is 0.447 bits per heavy atom. The number of rotatable bonds is 5. The van der Waals surface area contributed by atoms with Crippen molar-refractivity contribution in [1.82, 2.24) is 0 Å². The van der Waals surface area contributed by atoms with Gasteiger partial charge in [0.15, 0.2) is 0 Å². The third kappa shape index (κ3) is 3.98. The van der Waals surface area contributed by atoms with E-state index in [1.807, 2.05) is 97.1 Å². The Morgan fingerprint density at radius 3 is 0.974 bits per heavy atom. The summed E-state index contributed by atoms with van der Waals surface area (Å²) in [4.78, 5) is 25.3. The van der Waals surface area contributed by atoms with Crippen molar-refractivity contribution in [3.8, 4) is 0 Å². The molecular formula is C34H22O4. The lowest BCUT2D eigenvalue weighted by Gasteiger charge is -2.12. The van der Waals surface area contributed by atoms with Gasteiger partial charge in [-0.2, -0.15) is 0 Å². The first-order valence-electron chi connectivity index (χ1n) is 12.2. The predicted octanol–water partition coefficient (Wildman–Crippen LogP) is 7.94. The maximum atomic E-state index is 12.7. The first-order valence-corrected chi connectivity index (χ1v) is 12.2. The summed E-state index contributed by atoms with van der Waals surface area (Å²) < 4.78 is 0. The number of aliphatic carboxylic acids is 2. The van der Waals surface area contributed by atoms with Crippen LogP contribution in [0.4, 0.5) is 0 Å². The van der Waals surface area contributed by atoms with Crippen LogP contribution in [0.25, 0.3) is 55.2 Å². The number of carbonyl (C=O) groups is 2. The van der Waals surface area contributed by atoms with Gasteiger partial charge in [-0.3, -0.25) is 0 Å². The van der Waals surface area contributed by atoms with Crippen molar-refractivity contribution in [2.24, 2.45) is 0 Å². The van der Waals surface area contributed by atoms with Crippen molar-refractivity contribution in [1.29, 1.82) is 0 Å². The van der Waals surface area contributed by atoms with Crippen LogP contribution >= 0.6 is 0 Å². The smallest absolute Gasteiger partial charge is 0.336 e. The summed E-state index contributed by atoms with van der Waals surface area (Å²) in [6.07, 6.45) is 3.00. The van der Waals surface area contributed by atoms with E-state index in [-0.39, 0.29) is 11.1 Å². The molecule has 182 valence electrons. The fourth-order valence-corrected chi connectivity index (χ4v) is 5.21. The number of hydrogen-bond acceptors (Lipinski definition) is 2. The van der Waals surface area contributed by atoms with Crippen LogP contribution in [-0.4, -0.2) is 22.2 Å². The lowest BCUT2D eigenvalue weighted by Crippen LogP contribution is -2.11. The maximum Gasteiger partial charge on any atom is 0.336 e. The highest BCUT2D eigenvalue weighted by Gasteiger charge is 2.22. The standard InChI is InChI=1S/C34H22O4/c35-33(36)31(19-29-25-13-5-1-9-21(25)17-22-10-2-6-14-26(22)29)32(34(37)38)20-30-27-15-7-3-11-23(27)18-24-12-4-8-16-28(24)30/h1-20H,(H,35,36)(H,37,38). The molecule has 0 aliphatic rings. The Bertz CT molecular complexity index is 1730. The van der Waals surface area contributed by atoms with Gasteiger partial charge in [-0.05, 0) is 78.5 Å². The third-order valence-corrected chi connectivity index (χ3v) is 6.95. The zero-order chi connectivity index (χ0) is 26.2. The van der Waals surface area contributed by atoms with E-state index in [1.54, 1.807) is 0 Å². The van der Waals surface area contributed by atoms with Gasteiger partial charge in [0.1, 0.15) is 0 Å². The van der Waals surface area contributed by atoms with Crippen molar-refractivity contribution >= 4 is 67.2 Å². The molecule has 2 N–H and O–H groups in total. The first-order chi connectivity index (χ1) is 18.5. The quantitative estimate of drug-likeness (QED) is 0.145. The Kier molecular flexibility index (Phi) is 5.70. The van der Waals surface area contributed by atoms with Gasteiger partial charge >= 0.3 is 11.9 Å². The Labute approximate surface area is 218 Å². The second kappa shape index (κ2) is 9.34. The van der Waals surface area contributed by atoms with Gasteiger partial charge in [-0.1, -0.05) is 97.1 Å². The van der Waals surface area contributed by atoms with Gasteiger partial charge < -0.3 is 10.2 Å². The minimum atomic E-state index is -1.31. The van der Waals surface area contributed by atoms with Crippen LogP contribution < -0.4 is 0 Å². The van der Waals surface area contributed by atoms with Crippen LogP contribution in [0, 0.1) is 0 Å². The molecule has 4 nitrogen and oxygen atoms in total. The summed E-state index contributed by atoms with van der Waals surface area (Å²) in [6.45, 7) is 0. The molecule has 0 saturated heterocycles. The van der Waals surface area contributed by atoms with Crippen LogP contribution in [0.1, 0.15) is 11.1 Å². The molecule has 38 heavy (non-hydrogen) atoms. The highest BCUT2D eigenvalue weighted by molar-refractivity contribution is 6.17. The monoisotopic (exact) mass is 494 g/mol. The zero-order valence-electron chi connectivity index (χ0n) is 20.3. The molecule has 4 heteroatoms. The molecule has 0 aromatic heterocycles. The molecule has 0 amide bonds. The Balaban J connectivity index is 1.69. The summed E-state index contributed by atoms with van der Waals surface area (Å²) in [5.41, 5.74) is 0.782. The van der Waals surface area contributed by atoms with Crippen molar-refractivity contribution in [2.45, 2.75) is 0 Å². The molecule has 0 heterocycles. The second-order valence-electron chi connectivity index (χ2n) is 9.19. The van der Waals surface area contributed by atoms with Gasteiger partial charge in [0.05, 0.1) is 11.1 Å². The normalized spacial score (nSPS) is 12.4. The molecular weight excluding hydrogens is 472 g/mol. The number of fused-ring (bicyclic) bond motifs is 4. The fourth-order valence-electron chi connectivity index (χ4n) is 5.21. The van der Waals surface area contributed by atoms with Crippen molar-refractivity contribution in [3.63, 3.8) is 0 Å². The highest BCUT2D eigenvalue weighted by Crippen LogP contribution is 2.34. The summed E-state index contributed by atoms with van der Waals surface area (Å²) in [5, 5.41) is 27.9. The van der Waals surface area contributed by atoms with Crippen molar-refractivity contribution in [3.05, 3.63) is 131 Å². The van der Waals surface area contributed by atoms with Gasteiger partial charge in [0.2, 0.25) is 0 Å². The average Bonchev–Trinajstić information content (AvgIpc) is 2.93. The van der Waals surface area contributed by atoms with E-state index >= 15 is 0 Å². The van der Waals surface area contributed by atoms with Crippen LogP contribution in [0.2, 0.25) is 0 Å². The number of carboxylic acid groups (broad SMARTS) is 2. The minimum absolute atomic E-state index is 0.281. The van der Waals surface area contributed by atoms with Crippen LogP contribution in [-0.2, 0) is 9.59 Å². The van der Waals surface area contributed by atoms with E-state index in [9.17, 15) is 19.8 Å². The van der Waals surface area contributed by atoms with E-state index in [1.165, 1.54) is 12.2 Å². The minimum Gasteiger partial charge on any atom is -0.478 e. The molecule has 0 atom stereocenters. The third-order valence-electron chi connectivity index (χ3n) is 6.95. The van der Waals surface area contributed by atoms with Gasteiger partial charge in [0, 0.05) is 0 Å². The number of hydrogen-bond donors (Lipinski definition) is 2. The zero-order valence-corrected chi connectivity index (χ0v) is 20.3. The molecule has 0 saturated carbocycles. The van der Waals surface area contributed by atoms with Crippen LogP contribution in [0.3, 0.4) is 0 Å². The van der Waals surface area contributed by atoms with Crippen molar-refractivity contribution < 1.29 is 19.8 Å². The van der Waals surface area contributed by atoms with Gasteiger partial charge in [-0.25, -0.2) is 9.59 Å². The fraction of sp³-hybridized carbons (Fsp3) is 0. The first kappa shape index (κ1) is 23.2. The molecule has 6 rings (SSSR count). The van der Waals surface area contributed by atoms with E-state index in [4.69, 9.17) is 0 Å². The summed E-state index contributed by atoms with van der Waals surface area (Å²) in [5.74, 6) is -2.61. The average molecular weight is 495 g/mol. The topological polar surface area (TPSA) is 74.6 Å². The second-order valence-corrected chi connectivity index (χ2v) is 9.19. The van der Waals surface area contributed by atoms with Crippen LogP contribution in [0.5, 0.6) is 0 Å². The molecule has 0 bridgehead atoms. The lowest BCUT2D eigenvalue weighted by molar-refractivity contribution is -0.136. The van der Waals surface area contributed by atoms with Gasteiger partial charge in [0.25, 0.3) is 0 Å².